The molecule has 3 nitrogen and oxygen atoms in total. The molecular weight excluding hydrogens is 212 g/mol. The summed E-state index contributed by atoms with van der Waals surface area (Å²) in [6.07, 6.45) is 5.12. The monoisotopic (exact) mass is 244 g/mol. The number of Topliss-reactive ketones (excluding diaryl/α,β-unsaturated/α-hetero) is 1. The molecule has 0 aliphatic rings. The quantitative estimate of drug-likeness (QED) is 0.613. The number of ketones is 1. The molecule has 0 rings (SSSR count). The number of carbonyl (C=O) groups excluding carboxylic acids is 1. The molecule has 0 aliphatic heterocycles. The van der Waals surface area contributed by atoms with Crippen LogP contribution in [0.1, 0.15) is 66.7 Å². The van der Waals surface area contributed by atoms with Crippen molar-refractivity contribution in [1.82, 2.24) is 5.32 Å². The number of nitrogens with one attached hydrogen (secondary N) is 1. The number of hydrogen-bond acceptors (Lipinski definition) is 3. The molecule has 0 aromatic rings. The van der Waals surface area contributed by atoms with Gasteiger partial charge < -0.3 is 11.1 Å². The largest absolute Gasteiger partial charge is 0.330 e. The van der Waals surface area contributed by atoms with Crippen LogP contribution in [0.3, 0.4) is 0 Å². The van der Waals surface area contributed by atoms with Crippen LogP contribution < -0.4 is 11.1 Å². The molecule has 1 unspecified atom stereocenters. The molecule has 0 aliphatic carbocycles. The van der Waals surface area contributed by atoms with Gasteiger partial charge >= 0.3 is 0 Å². The van der Waals surface area contributed by atoms with Crippen molar-refractivity contribution >= 4 is 5.78 Å². The van der Waals surface area contributed by atoms with E-state index in [-0.39, 0.29) is 11.8 Å². The van der Waals surface area contributed by atoms with Crippen molar-refractivity contribution in [3.63, 3.8) is 0 Å². The SMILES string of the molecule is CC.CCC(CC)NC(CCCCN)C(C)=O. The molecule has 104 valence electrons. The van der Waals surface area contributed by atoms with E-state index in [1.165, 1.54) is 0 Å². The first-order chi connectivity index (χ1) is 8.15. The number of unbranched alkanes of at least 4 members (excludes halogenated alkanes) is 1. The van der Waals surface area contributed by atoms with Crippen LogP contribution in [0.5, 0.6) is 0 Å². The van der Waals surface area contributed by atoms with Crippen LogP contribution in [0, 0.1) is 0 Å². The molecule has 0 spiro atoms. The highest BCUT2D eigenvalue weighted by Gasteiger charge is 2.16. The minimum atomic E-state index is 0.0291. The Labute approximate surface area is 108 Å². The van der Waals surface area contributed by atoms with Crippen LogP contribution in [0.25, 0.3) is 0 Å². The minimum absolute atomic E-state index is 0.0291. The zero-order chi connectivity index (χ0) is 13.7. The number of nitrogens with two attached hydrogens (primary N) is 1. The molecular formula is C14H32N2O. The van der Waals surface area contributed by atoms with E-state index in [1.54, 1.807) is 6.92 Å². The summed E-state index contributed by atoms with van der Waals surface area (Å²) in [6.45, 7) is 10.7. The van der Waals surface area contributed by atoms with Crippen molar-refractivity contribution in [3.8, 4) is 0 Å². The molecule has 0 radical (unpaired) electrons. The molecule has 0 saturated carbocycles. The first-order valence-electron chi connectivity index (χ1n) is 7.12. The maximum Gasteiger partial charge on any atom is 0.146 e. The highest BCUT2D eigenvalue weighted by atomic mass is 16.1. The third kappa shape index (κ3) is 10.5. The highest BCUT2D eigenvalue weighted by molar-refractivity contribution is 5.81. The van der Waals surface area contributed by atoms with Crippen LogP contribution in [0.2, 0.25) is 0 Å². The maximum absolute atomic E-state index is 11.4. The van der Waals surface area contributed by atoms with Gasteiger partial charge in [-0.1, -0.05) is 34.1 Å². The van der Waals surface area contributed by atoms with E-state index in [2.05, 4.69) is 19.2 Å². The van der Waals surface area contributed by atoms with Gasteiger partial charge in [0.25, 0.3) is 0 Å². The summed E-state index contributed by atoms with van der Waals surface area (Å²) in [5, 5.41) is 3.42. The van der Waals surface area contributed by atoms with Crippen LogP contribution in [-0.2, 0) is 4.79 Å². The van der Waals surface area contributed by atoms with Gasteiger partial charge in [-0.2, -0.15) is 0 Å². The Bertz CT molecular complexity index is 168. The predicted octanol–water partition coefficient (Wildman–Crippen LogP) is 2.88. The van der Waals surface area contributed by atoms with Gasteiger partial charge in [0.05, 0.1) is 6.04 Å². The van der Waals surface area contributed by atoms with Gasteiger partial charge in [0.15, 0.2) is 0 Å². The first-order valence-corrected chi connectivity index (χ1v) is 7.12. The molecule has 3 heteroatoms. The van der Waals surface area contributed by atoms with Gasteiger partial charge in [0, 0.05) is 6.04 Å². The van der Waals surface area contributed by atoms with E-state index < -0.39 is 0 Å². The zero-order valence-corrected chi connectivity index (χ0v) is 12.4. The van der Waals surface area contributed by atoms with Gasteiger partial charge in [-0.05, 0) is 39.2 Å². The smallest absolute Gasteiger partial charge is 0.146 e. The van der Waals surface area contributed by atoms with Crippen LogP contribution in [0.15, 0.2) is 0 Å². The van der Waals surface area contributed by atoms with Crippen molar-refractivity contribution in [2.45, 2.75) is 78.8 Å². The van der Waals surface area contributed by atoms with Crippen LogP contribution in [0.4, 0.5) is 0 Å². The maximum atomic E-state index is 11.4. The zero-order valence-electron chi connectivity index (χ0n) is 12.4. The number of hydrogen-bond donors (Lipinski definition) is 2. The Kier molecular flexibility index (Phi) is 15.2. The van der Waals surface area contributed by atoms with Gasteiger partial charge in [0.1, 0.15) is 5.78 Å². The Morgan fingerprint density at radius 1 is 1.18 bits per heavy atom. The van der Waals surface area contributed by atoms with Crippen LogP contribution >= 0.6 is 0 Å². The summed E-state index contributed by atoms with van der Waals surface area (Å²) < 4.78 is 0. The Morgan fingerprint density at radius 2 is 1.71 bits per heavy atom. The molecule has 0 amide bonds. The predicted molar refractivity (Wildman–Crippen MR) is 76.2 cm³/mol. The minimum Gasteiger partial charge on any atom is -0.330 e. The van der Waals surface area contributed by atoms with Gasteiger partial charge in [-0.3, -0.25) is 4.79 Å². The third-order valence-electron chi connectivity index (χ3n) is 2.86. The topological polar surface area (TPSA) is 55.1 Å². The average Bonchev–Trinajstić information content (AvgIpc) is 2.36. The molecule has 17 heavy (non-hydrogen) atoms. The molecule has 3 N–H and O–H groups in total. The molecule has 0 fully saturated rings. The normalized spacial score (nSPS) is 11.9. The van der Waals surface area contributed by atoms with Crippen molar-refractivity contribution in [2.75, 3.05) is 6.54 Å². The summed E-state index contributed by atoms with van der Waals surface area (Å²) in [5.74, 6) is 0.249. The lowest BCUT2D eigenvalue weighted by atomic mass is 10.0. The Morgan fingerprint density at radius 3 is 2.06 bits per heavy atom. The van der Waals surface area contributed by atoms with Crippen molar-refractivity contribution < 1.29 is 4.79 Å². The fourth-order valence-corrected chi connectivity index (χ4v) is 1.71. The lowest BCUT2D eigenvalue weighted by Crippen LogP contribution is -2.42. The highest BCUT2D eigenvalue weighted by Crippen LogP contribution is 2.06. The van der Waals surface area contributed by atoms with E-state index >= 15 is 0 Å². The molecule has 0 bridgehead atoms. The Balaban J connectivity index is 0. The number of carbonyl (C=O) groups is 1. The van der Waals surface area contributed by atoms with E-state index in [0.717, 1.165) is 38.6 Å². The summed E-state index contributed by atoms with van der Waals surface area (Å²) in [5.41, 5.74) is 5.44. The summed E-state index contributed by atoms with van der Waals surface area (Å²) in [4.78, 5) is 11.4. The average molecular weight is 244 g/mol. The van der Waals surface area contributed by atoms with Gasteiger partial charge in [-0.15, -0.1) is 0 Å². The second kappa shape index (κ2) is 13.7. The van der Waals surface area contributed by atoms with E-state index in [1.807, 2.05) is 13.8 Å². The molecule has 1 atom stereocenters. The van der Waals surface area contributed by atoms with Gasteiger partial charge in [-0.25, -0.2) is 0 Å². The van der Waals surface area contributed by atoms with Crippen molar-refractivity contribution in [3.05, 3.63) is 0 Å². The molecule has 0 saturated heterocycles. The lowest BCUT2D eigenvalue weighted by Gasteiger charge is -2.22. The summed E-state index contributed by atoms with van der Waals surface area (Å²) in [7, 11) is 0. The van der Waals surface area contributed by atoms with Gasteiger partial charge in [0.2, 0.25) is 0 Å². The second-order valence-corrected chi connectivity index (χ2v) is 4.13. The first kappa shape index (κ1) is 18.9. The van der Waals surface area contributed by atoms with Crippen LogP contribution in [-0.4, -0.2) is 24.4 Å². The fourth-order valence-electron chi connectivity index (χ4n) is 1.71. The lowest BCUT2D eigenvalue weighted by molar-refractivity contribution is -0.119. The number of rotatable bonds is 9. The third-order valence-corrected chi connectivity index (χ3v) is 2.86. The van der Waals surface area contributed by atoms with Crippen molar-refractivity contribution in [1.29, 1.82) is 0 Å². The van der Waals surface area contributed by atoms with E-state index in [4.69, 9.17) is 5.73 Å². The standard InChI is InChI=1S/C12H26N2O.C2H6/c1-4-11(5-2)14-12(10(3)15)8-6-7-9-13;1-2/h11-12,14H,4-9,13H2,1-3H3;1-2H3. The second-order valence-electron chi connectivity index (χ2n) is 4.13. The fraction of sp³-hybridized carbons (Fsp3) is 0.929. The Hall–Kier alpha value is -0.410. The summed E-state index contributed by atoms with van der Waals surface area (Å²) >= 11 is 0. The van der Waals surface area contributed by atoms with Crippen molar-refractivity contribution in [2.24, 2.45) is 5.73 Å². The molecule has 0 aromatic heterocycles. The van der Waals surface area contributed by atoms with E-state index in [9.17, 15) is 4.79 Å². The summed E-state index contributed by atoms with van der Waals surface area (Å²) in [6, 6.07) is 0.498. The molecule has 0 aromatic carbocycles. The molecule has 0 heterocycles. The van der Waals surface area contributed by atoms with E-state index in [0.29, 0.717) is 6.04 Å².